The number of carbonyl (C=O) groups is 3. The lowest BCUT2D eigenvalue weighted by atomic mass is 10.1. The predicted octanol–water partition coefficient (Wildman–Crippen LogP) is 13.8. The number of unbranched alkanes of at least 4 members (excludes halogenated alkanes) is 20. The number of hydrogen-bond donors (Lipinski definition) is 0. The summed E-state index contributed by atoms with van der Waals surface area (Å²) in [5.74, 6) is -0.727. The SMILES string of the molecule is CCCCCCCCOC(CCC(=O)OCCC(CCOC(=O)CCC(OCCCCCCCC)OCCCCCCCC)OC(=O)OCCCN(CC)CC)OCCCCCCCC. The van der Waals surface area contributed by atoms with Crippen LogP contribution in [0.4, 0.5) is 4.79 Å². The van der Waals surface area contributed by atoms with Crippen LogP contribution in [0.3, 0.4) is 0 Å². The van der Waals surface area contributed by atoms with Gasteiger partial charge in [0.1, 0.15) is 6.10 Å². The largest absolute Gasteiger partial charge is 0.508 e. The van der Waals surface area contributed by atoms with Crippen molar-refractivity contribution in [2.24, 2.45) is 0 Å². The Kier molecular flexibility index (Phi) is 48.4. The van der Waals surface area contributed by atoms with Gasteiger partial charge in [0.2, 0.25) is 0 Å². The zero-order valence-electron chi connectivity index (χ0n) is 43.2. The van der Waals surface area contributed by atoms with Gasteiger partial charge in [-0.05, 0) is 45.2 Å². The molecule has 0 aromatic heterocycles. The molecule has 0 spiro atoms. The zero-order valence-corrected chi connectivity index (χ0v) is 43.2. The molecule has 0 aliphatic carbocycles. The molecule has 0 rings (SSSR count). The molecule has 386 valence electrons. The molecule has 0 aromatic rings. The topological polar surface area (TPSA) is 128 Å². The monoisotopic (exact) mass is 930 g/mol. The first-order valence-electron chi connectivity index (χ1n) is 27.2. The Balaban J connectivity index is 5.17. The maximum absolute atomic E-state index is 12.9. The van der Waals surface area contributed by atoms with E-state index >= 15 is 0 Å². The van der Waals surface area contributed by atoms with E-state index in [2.05, 4.69) is 46.4 Å². The highest BCUT2D eigenvalue weighted by Gasteiger charge is 2.20. The number of esters is 2. The predicted molar refractivity (Wildman–Crippen MR) is 263 cm³/mol. The number of rotatable bonds is 51. The van der Waals surface area contributed by atoms with Gasteiger partial charge in [-0.1, -0.05) is 170 Å². The van der Waals surface area contributed by atoms with Gasteiger partial charge in [-0.25, -0.2) is 4.79 Å². The van der Waals surface area contributed by atoms with E-state index in [0.29, 0.717) is 45.7 Å². The van der Waals surface area contributed by atoms with Crippen molar-refractivity contribution in [3.05, 3.63) is 0 Å². The third-order valence-corrected chi connectivity index (χ3v) is 11.8. The second kappa shape index (κ2) is 49.9. The maximum Gasteiger partial charge on any atom is 0.508 e. The van der Waals surface area contributed by atoms with Crippen LogP contribution in [0.2, 0.25) is 0 Å². The second-order valence-corrected chi connectivity index (χ2v) is 17.7. The molecule has 0 aromatic carbocycles. The highest BCUT2D eigenvalue weighted by atomic mass is 16.7. The summed E-state index contributed by atoms with van der Waals surface area (Å²) in [4.78, 5) is 40.9. The molecule has 0 radical (unpaired) electrons. The summed E-state index contributed by atoms with van der Waals surface area (Å²) in [5, 5.41) is 0. The van der Waals surface area contributed by atoms with Crippen molar-refractivity contribution in [2.75, 3.05) is 65.9 Å². The summed E-state index contributed by atoms with van der Waals surface area (Å²) in [6.07, 6.45) is 28.1. The summed E-state index contributed by atoms with van der Waals surface area (Å²) in [6.45, 7) is 18.5. The van der Waals surface area contributed by atoms with Crippen LogP contribution in [0, 0.1) is 0 Å². The molecule has 12 heteroatoms. The van der Waals surface area contributed by atoms with Crippen LogP contribution in [0.1, 0.15) is 241 Å². The van der Waals surface area contributed by atoms with Gasteiger partial charge in [0.15, 0.2) is 12.6 Å². The fourth-order valence-corrected chi connectivity index (χ4v) is 7.46. The minimum absolute atomic E-state index is 0.0438. The smallest absolute Gasteiger partial charge is 0.466 e. The quantitative estimate of drug-likeness (QED) is 0.0249. The minimum Gasteiger partial charge on any atom is -0.466 e. The fourth-order valence-electron chi connectivity index (χ4n) is 7.46. The molecule has 12 nitrogen and oxygen atoms in total. The highest BCUT2D eigenvalue weighted by Crippen LogP contribution is 2.15. The Morgan fingerprint density at radius 3 is 1.05 bits per heavy atom. The number of nitrogens with zero attached hydrogens (tertiary/aromatic N) is 1. The first kappa shape index (κ1) is 63.0. The maximum atomic E-state index is 12.9. The molecule has 65 heavy (non-hydrogen) atoms. The molecule has 0 aliphatic heterocycles. The molecule has 0 unspecified atom stereocenters. The molecule has 0 fully saturated rings. The molecule has 0 saturated heterocycles. The van der Waals surface area contributed by atoms with E-state index in [4.69, 9.17) is 37.9 Å². The van der Waals surface area contributed by atoms with Crippen molar-refractivity contribution >= 4 is 18.1 Å². The summed E-state index contributed by atoms with van der Waals surface area (Å²) in [5.41, 5.74) is 0. The van der Waals surface area contributed by atoms with E-state index in [1.165, 1.54) is 103 Å². The molecule has 0 N–H and O–H groups in total. The van der Waals surface area contributed by atoms with Crippen LogP contribution >= 0.6 is 0 Å². The highest BCUT2D eigenvalue weighted by molar-refractivity contribution is 5.69. The van der Waals surface area contributed by atoms with Crippen molar-refractivity contribution in [3.63, 3.8) is 0 Å². The van der Waals surface area contributed by atoms with Crippen molar-refractivity contribution in [1.29, 1.82) is 0 Å². The Morgan fingerprint density at radius 1 is 0.369 bits per heavy atom. The lowest BCUT2D eigenvalue weighted by Gasteiger charge is -2.20. The Morgan fingerprint density at radius 2 is 0.708 bits per heavy atom. The minimum atomic E-state index is -0.784. The van der Waals surface area contributed by atoms with Crippen molar-refractivity contribution < 1.29 is 52.3 Å². The Bertz CT molecular complexity index is 932. The van der Waals surface area contributed by atoms with E-state index in [1.807, 2.05) is 0 Å². The molecule has 0 atom stereocenters. The van der Waals surface area contributed by atoms with E-state index < -0.39 is 24.8 Å². The third-order valence-electron chi connectivity index (χ3n) is 11.8. The fraction of sp³-hybridized carbons (Fsp3) is 0.943. The van der Waals surface area contributed by atoms with Crippen LogP contribution in [0.15, 0.2) is 0 Å². The van der Waals surface area contributed by atoms with E-state index in [9.17, 15) is 14.4 Å². The third kappa shape index (κ3) is 44.3. The number of carbonyl (C=O) groups excluding carboxylic acids is 3. The first-order valence-corrected chi connectivity index (χ1v) is 27.2. The summed E-state index contributed by atoms with van der Waals surface area (Å²) < 4.78 is 46.7. The summed E-state index contributed by atoms with van der Waals surface area (Å²) in [6, 6.07) is 0. The van der Waals surface area contributed by atoms with Gasteiger partial charge < -0.3 is 42.8 Å². The van der Waals surface area contributed by atoms with E-state index in [0.717, 1.165) is 71.0 Å². The van der Waals surface area contributed by atoms with Crippen molar-refractivity contribution in [3.8, 4) is 0 Å². The molecular formula is C53H103NO11. The van der Waals surface area contributed by atoms with Gasteiger partial charge in [0, 0.05) is 58.7 Å². The molecule has 0 heterocycles. The van der Waals surface area contributed by atoms with Gasteiger partial charge in [-0.2, -0.15) is 0 Å². The first-order chi connectivity index (χ1) is 31.8. The molecular weight excluding hydrogens is 827 g/mol. The van der Waals surface area contributed by atoms with E-state index in [-0.39, 0.29) is 57.4 Å². The molecule has 0 saturated carbocycles. The van der Waals surface area contributed by atoms with Gasteiger partial charge >= 0.3 is 18.1 Å². The summed E-state index contributed by atoms with van der Waals surface area (Å²) in [7, 11) is 0. The van der Waals surface area contributed by atoms with E-state index in [1.54, 1.807) is 0 Å². The second-order valence-electron chi connectivity index (χ2n) is 17.7. The van der Waals surface area contributed by atoms with Gasteiger partial charge in [-0.3, -0.25) is 9.59 Å². The Labute approximate surface area is 399 Å². The molecule has 0 amide bonds. The van der Waals surface area contributed by atoms with Crippen molar-refractivity contribution in [1.82, 2.24) is 4.90 Å². The average Bonchev–Trinajstić information content (AvgIpc) is 3.30. The zero-order chi connectivity index (χ0) is 47.7. The normalized spacial score (nSPS) is 11.7. The number of ether oxygens (including phenoxy) is 8. The van der Waals surface area contributed by atoms with Crippen LogP contribution in [-0.2, 0) is 47.5 Å². The number of hydrogen-bond acceptors (Lipinski definition) is 12. The van der Waals surface area contributed by atoms with Gasteiger partial charge in [-0.15, -0.1) is 0 Å². The molecule has 0 bridgehead atoms. The van der Waals surface area contributed by atoms with Crippen LogP contribution < -0.4 is 0 Å². The standard InChI is InChI=1S/C53H103NO11/c1-7-13-17-21-25-29-41-60-51(61-42-30-26-22-18-14-8-2)36-34-49(55)58-46-38-48(65-53(57)64-45-33-40-54(11-5)12-6)39-47-59-50(56)35-37-52(62-43-31-27-23-19-15-9-3)63-44-32-28-24-20-16-10-4/h48,51-52H,7-47H2,1-6H3. The van der Waals surface area contributed by atoms with Gasteiger partial charge in [0.05, 0.1) is 32.7 Å². The lowest BCUT2D eigenvalue weighted by molar-refractivity contribution is -0.160. The Hall–Kier alpha value is -1.99. The lowest BCUT2D eigenvalue weighted by Crippen LogP contribution is -2.27. The van der Waals surface area contributed by atoms with Crippen LogP contribution in [-0.4, -0.2) is 108 Å². The van der Waals surface area contributed by atoms with Crippen LogP contribution in [0.25, 0.3) is 0 Å². The summed E-state index contributed by atoms with van der Waals surface area (Å²) >= 11 is 0. The average molecular weight is 930 g/mol. The van der Waals surface area contributed by atoms with Crippen molar-refractivity contribution in [2.45, 2.75) is 259 Å². The molecule has 0 aliphatic rings. The van der Waals surface area contributed by atoms with Crippen LogP contribution in [0.5, 0.6) is 0 Å². The van der Waals surface area contributed by atoms with Gasteiger partial charge in [0.25, 0.3) is 0 Å².